The second kappa shape index (κ2) is 8.19. The van der Waals surface area contributed by atoms with E-state index in [1.807, 2.05) is 24.3 Å². The van der Waals surface area contributed by atoms with E-state index in [0.29, 0.717) is 11.3 Å². The van der Waals surface area contributed by atoms with Crippen molar-refractivity contribution in [3.63, 3.8) is 0 Å². The first-order valence-corrected chi connectivity index (χ1v) is 8.11. The highest BCUT2D eigenvalue weighted by Gasteiger charge is 2.14. The van der Waals surface area contributed by atoms with Crippen molar-refractivity contribution < 1.29 is 9.72 Å². The van der Waals surface area contributed by atoms with E-state index in [-0.39, 0.29) is 11.3 Å². The van der Waals surface area contributed by atoms with Crippen LogP contribution in [0.15, 0.2) is 47.6 Å². The topological polar surface area (TPSA) is 84.6 Å². The van der Waals surface area contributed by atoms with Gasteiger partial charge in [-0.25, -0.2) is 5.43 Å². The molecule has 0 aliphatic rings. The molecule has 6 nitrogen and oxygen atoms in total. The van der Waals surface area contributed by atoms with E-state index >= 15 is 0 Å². The number of carbonyl (C=O) groups is 1. The highest BCUT2D eigenvalue weighted by Crippen LogP contribution is 2.19. The molecule has 0 aliphatic heterocycles. The van der Waals surface area contributed by atoms with Gasteiger partial charge in [-0.1, -0.05) is 43.7 Å². The van der Waals surface area contributed by atoms with E-state index in [0.717, 1.165) is 18.4 Å². The Labute approximate surface area is 146 Å². The number of amides is 1. The van der Waals surface area contributed by atoms with Gasteiger partial charge in [0, 0.05) is 17.2 Å². The Hall–Kier alpha value is -3.02. The Bertz CT molecular complexity index is 811. The van der Waals surface area contributed by atoms with Crippen LogP contribution in [-0.2, 0) is 6.42 Å². The number of nitrogens with zero attached hydrogens (tertiary/aromatic N) is 2. The zero-order valence-corrected chi connectivity index (χ0v) is 14.6. The molecule has 6 heteroatoms. The highest BCUT2D eigenvalue weighted by molar-refractivity contribution is 6.01. The lowest BCUT2D eigenvalue weighted by Gasteiger charge is -2.05. The number of benzene rings is 2. The minimum absolute atomic E-state index is 0.0835. The fourth-order valence-electron chi connectivity index (χ4n) is 2.41. The number of hydrogen-bond acceptors (Lipinski definition) is 4. The number of carbonyl (C=O) groups excluding carboxylic acids is 1. The van der Waals surface area contributed by atoms with Crippen molar-refractivity contribution in [3.8, 4) is 0 Å². The van der Waals surface area contributed by atoms with Crippen LogP contribution < -0.4 is 5.43 Å². The molecule has 2 aromatic rings. The molecule has 1 N–H and O–H groups in total. The summed E-state index contributed by atoms with van der Waals surface area (Å²) in [6, 6.07) is 12.4. The van der Waals surface area contributed by atoms with Gasteiger partial charge in [-0.2, -0.15) is 5.10 Å². The van der Waals surface area contributed by atoms with Crippen molar-refractivity contribution in [1.82, 2.24) is 5.43 Å². The summed E-state index contributed by atoms with van der Waals surface area (Å²) >= 11 is 0. The Morgan fingerprint density at radius 3 is 2.40 bits per heavy atom. The maximum Gasteiger partial charge on any atom is 0.273 e. The molecule has 0 spiro atoms. The molecule has 0 aliphatic carbocycles. The van der Waals surface area contributed by atoms with Crippen LogP contribution in [0.3, 0.4) is 0 Å². The number of hydrogen-bond donors (Lipinski definition) is 1. The van der Waals surface area contributed by atoms with Gasteiger partial charge in [0.05, 0.1) is 10.6 Å². The molecule has 1 amide bonds. The average molecular weight is 339 g/mol. The van der Waals surface area contributed by atoms with Gasteiger partial charge < -0.3 is 0 Å². The van der Waals surface area contributed by atoms with Crippen molar-refractivity contribution in [1.29, 1.82) is 0 Å². The molecule has 0 heterocycles. The molecular formula is C19H21N3O3. The molecule has 0 saturated carbocycles. The van der Waals surface area contributed by atoms with E-state index < -0.39 is 10.8 Å². The summed E-state index contributed by atoms with van der Waals surface area (Å²) in [6.45, 7) is 5.56. The maximum atomic E-state index is 12.2. The van der Waals surface area contributed by atoms with Crippen LogP contribution in [0.5, 0.6) is 0 Å². The van der Waals surface area contributed by atoms with Crippen LogP contribution in [0, 0.1) is 17.0 Å². The molecule has 2 aromatic carbocycles. The second-order valence-electron chi connectivity index (χ2n) is 5.84. The van der Waals surface area contributed by atoms with E-state index in [4.69, 9.17) is 0 Å². The normalized spacial score (nSPS) is 11.2. The predicted octanol–water partition coefficient (Wildman–Crippen LogP) is 4.01. The summed E-state index contributed by atoms with van der Waals surface area (Å²) in [5.41, 5.74) is 5.91. The van der Waals surface area contributed by atoms with Crippen molar-refractivity contribution in [2.45, 2.75) is 33.6 Å². The SMILES string of the molecule is CCCc1ccc(C(C)=NNC(=O)c2ccc(C)c([N+](=O)[O-])c2)cc1. The molecular weight excluding hydrogens is 318 g/mol. The fourth-order valence-corrected chi connectivity index (χ4v) is 2.41. The molecule has 2 rings (SSSR count). The highest BCUT2D eigenvalue weighted by atomic mass is 16.6. The summed E-state index contributed by atoms with van der Waals surface area (Å²) in [7, 11) is 0. The van der Waals surface area contributed by atoms with Crippen molar-refractivity contribution >= 4 is 17.3 Å². The van der Waals surface area contributed by atoms with Gasteiger partial charge in [0.2, 0.25) is 0 Å². The van der Waals surface area contributed by atoms with E-state index in [2.05, 4.69) is 17.5 Å². The molecule has 130 valence electrons. The minimum atomic E-state index is -0.502. The molecule has 0 aromatic heterocycles. The Morgan fingerprint density at radius 2 is 1.80 bits per heavy atom. The number of hydrazone groups is 1. The zero-order valence-electron chi connectivity index (χ0n) is 14.6. The van der Waals surface area contributed by atoms with Crippen molar-refractivity contribution in [2.24, 2.45) is 5.10 Å². The van der Waals surface area contributed by atoms with Gasteiger partial charge >= 0.3 is 0 Å². The molecule has 0 radical (unpaired) electrons. The lowest BCUT2D eigenvalue weighted by Crippen LogP contribution is -2.19. The summed E-state index contributed by atoms with van der Waals surface area (Å²) < 4.78 is 0. The number of aryl methyl sites for hydroxylation is 2. The fraction of sp³-hybridized carbons (Fsp3) is 0.263. The third-order valence-electron chi connectivity index (χ3n) is 3.90. The van der Waals surface area contributed by atoms with E-state index in [1.165, 1.54) is 11.6 Å². The van der Waals surface area contributed by atoms with Crippen molar-refractivity contribution in [2.75, 3.05) is 0 Å². The minimum Gasteiger partial charge on any atom is -0.267 e. The number of nitro benzene ring substituents is 1. The molecule has 0 atom stereocenters. The van der Waals surface area contributed by atoms with Gasteiger partial charge in [0.1, 0.15) is 0 Å². The van der Waals surface area contributed by atoms with Crippen LogP contribution in [0.4, 0.5) is 5.69 Å². The third-order valence-corrected chi connectivity index (χ3v) is 3.90. The van der Waals surface area contributed by atoms with E-state index in [9.17, 15) is 14.9 Å². The number of nitro groups is 1. The van der Waals surface area contributed by atoms with Crippen LogP contribution in [0.1, 0.15) is 47.3 Å². The summed E-state index contributed by atoms with van der Waals surface area (Å²) in [5, 5.41) is 15.1. The molecule has 0 saturated heterocycles. The van der Waals surface area contributed by atoms with Gasteiger partial charge in [-0.15, -0.1) is 0 Å². The molecule has 0 unspecified atom stereocenters. The lowest BCUT2D eigenvalue weighted by atomic mass is 10.1. The largest absolute Gasteiger partial charge is 0.273 e. The lowest BCUT2D eigenvalue weighted by molar-refractivity contribution is -0.385. The van der Waals surface area contributed by atoms with Gasteiger partial charge in [0.15, 0.2) is 0 Å². The standard InChI is InChI=1S/C19H21N3O3/c1-4-5-15-7-10-16(11-8-15)14(3)20-21-19(23)17-9-6-13(2)18(12-17)22(24)25/h6-12H,4-5H2,1-3H3,(H,21,23). The smallest absolute Gasteiger partial charge is 0.267 e. The van der Waals surface area contributed by atoms with Crippen LogP contribution in [0.25, 0.3) is 0 Å². The number of rotatable bonds is 6. The van der Waals surface area contributed by atoms with Crippen LogP contribution in [-0.4, -0.2) is 16.5 Å². The van der Waals surface area contributed by atoms with E-state index in [1.54, 1.807) is 26.0 Å². The second-order valence-corrected chi connectivity index (χ2v) is 5.84. The predicted molar refractivity (Wildman–Crippen MR) is 97.9 cm³/mol. The molecule has 0 bridgehead atoms. The molecule has 0 fully saturated rings. The van der Waals surface area contributed by atoms with Gasteiger partial charge in [0.25, 0.3) is 11.6 Å². The quantitative estimate of drug-likeness (QED) is 0.490. The zero-order chi connectivity index (χ0) is 18.4. The Kier molecular flexibility index (Phi) is 6.00. The molecule has 25 heavy (non-hydrogen) atoms. The van der Waals surface area contributed by atoms with Crippen LogP contribution >= 0.6 is 0 Å². The first kappa shape index (κ1) is 18.3. The summed E-state index contributed by atoms with van der Waals surface area (Å²) in [4.78, 5) is 22.6. The number of nitrogens with one attached hydrogen (secondary N) is 1. The maximum absolute atomic E-state index is 12.2. The monoisotopic (exact) mass is 339 g/mol. The average Bonchev–Trinajstić information content (AvgIpc) is 2.60. The summed E-state index contributed by atoms with van der Waals surface area (Å²) in [6.07, 6.45) is 2.12. The van der Waals surface area contributed by atoms with Crippen molar-refractivity contribution in [3.05, 3.63) is 74.8 Å². The summed E-state index contributed by atoms with van der Waals surface area (Å²) in [5.74, 6) is -0.481. The van der Waals surface area contributed by atoms with Gasteiger partial charge in [-0.3, -0.25) is 14.9 Å². The Morgan fingerprint density at radius 1 is 1.16 bits per heavy atom. The Balaban J connectivity index is 2.11. The van der Waals surface area contributed by atoms with Gasteiger partial charge in [-0.05, 0) is 37.5 Å². The third kappa shape index (κ3) is 4.73. The van der Waals surface area contributed by atoms with Crippen LogP contribution in [0.2, 0.25) is 0 Å². The first-order chi connectivity index (χ1) is 11.9. The first-order valence-electron chi connectivity index (χ1n) is 8.11.